The molecule has 34 heavy (non-hydrogen) atoms. The van der Waals surface area contributed by atoms with Crippen LogP contribution in [0.5, 0.6) is 5.75 Å². The topological polar surface area (TPSA) is 58.9 Å². The molecule has 0 amide bonds. The zero-order valence-corrected chi connectivity index (χ0v) is 20.6. The molecular formula is C30H39NO3. The molecule has 0 atom stereocenters. The molecule has 4 heteroatoms. The molecule has 2 aromatic carbocycles. The molecule has 0 saturated carbocycles. The number of esters is 1. The molecule has 0 aromatic heterocycles. The SMILES string of the molecule is CCCCC#CCCCCCCCCCCOC(=O)c1ccc(C=Nc2ccc(O)cc2)cc1. The van der Waals surface area contributed by atoms with E-state index in [0.717, 1.165) is 36.9 Å². The van der Waals surface area contributed by atoms with E-state index in [1.54, 1.807) is 42.6 Å². The lowest BCUT2D eigenvalue weighted by molar-refractivity contribution is 0.0497. The third kappa shape index (κ3) is 12.3. The van der Waals surface area contributed by atoms with Crippen molar-refractivity contribution in [2.45, 2.75) is 84.0 Å². The number of ether oxygens (including phenoxy) is 1. The first-order chi connectivity index (χ1) is 16.7. The lowest BCUT2D eigenvalue weighted by Gasteiger charge is -2.05. The lowest BCUT2D eigenvalue weighted by atomic mass is 10.1. The summed E-state index contributed by atoms with van der Waals surface area (Å²) >= 11 is 0. The first-order valence-corrected chi connectivity index (χ1v) is 12.7. The number of aliphatic imine (C=N–C) groups is 1. The van der Waals surface area contributed by atoms with Gasteiger partial charge in [0.15, 0.2) is 0 Å². The van der Waals surface area contributed by atoms with Crippen molar-refractivity contribution in [1.29, 1.82) is 0 Å². The van der Waals surface area contributed by atoms with E-state index in [2.05, 4.69) is 23.8 Å². The van der Waals surface area contributed by atoms with Crippen molar-refractivity contribution in [3.63, 3.8) is 0 Å². The molecule has 0 saturated heterocycles. The molecule has 2 aromatic rings. The molecule has 0 aliphatic carbocycles. The van der Waals surface area contributed by atoms with Crippen LogP contribution in [0, 0.1) is 11.8 Å². The maximum absolute atomic E-state index is 12.2. The summed E-state index contributed by atoms with van der Waals surface area (Å²) in [6.45, 7) is 2.67. The fourth-order valence-corrected chi connectivity index (χ4v) is 3.46. The Morgan fingerprint density at radius 3 is 2.06 bits per heavy atom. The average molecular weight is 462 g/mol. The maximum Gasteiger partial charge on any atom is 0.338 e. The van der Waals surface area contributed by atoms with Gasteiger partial charge in [-0.1, -0.05) is 64.0 Å². The second-order valence-electron chi connectivity index (χ2n) is 8.57. The Morgan fingerprint density at radius 2 is 1.41 bits per heavy atom. The minimum absolute atomic E-state index is 0.215. The number of phenolic OH excluding ortho intramolecular Hbond substituents is 1. The zero-order valence-electron chi connectivity index (χ0n) is 20.6. The van der Waals surface area contributed by atoms with Crippen LogP contribution < -0.4 is 0 Å². The number of unbranched alkanes of at least 4 members (excludes halogenated alkanes) is 10. The molecule has 0 unspecified atom stereocenters. The molecule has 182 valence electrons. The van der Waals surface area contributed by atoms with E-state index in [1.165, 1.54) is 51.4 Å². The predicted octanol–water partition coefficient (Wildman–Crippen LogP) is 8.00. The van der Waals surface area contributed by atoms with Crippen LogP contribution in [-0.4, -0.2) is 23.9 Å². The van der Waals surface area contributed by atoms with Crippen LogP contribution in [-0.2, 0) is 4.74 Å². The normalized spacial score (nSPS) is 10.7. The van der Waals surface area contributed by atoms with E-state index < -0.39 is 0 Å². The molecule has 0 radical (unpaired) electrons. The second-order valence-corrected chi connectivity index (χ2v) is 8.57. The predicted molar refractivity (Wildman–Crippen MR) is 141 cm³/mol. The highest BCUT2D eigenvalue weighted by atomic mass is 16.5. The molecule has 0 fully saturated rings. The fraction of sp³-hybridized carbons (Fsp3) is 0.467. The Balaban J connectivity index is 1.49. The lowest BCUT2D eigenvalue weighted by Crippen LogP contribution is -2.06. The van der Waals surface area contributed by atoms with Gasteiger partial charge in [0.05, 0.1) is 17.9 Å². The van der Waals surface area contributed by atoms with Crippen LogP contribution in [0.2, 0.25) is 0 Å². The minimum Gasteiger partial charge on any atom is -0.508 e. The van der Waals surface area contributed by atoms with Crippen molar-refractivity contribution in [3.8, 4) is 17.6 Å². The first kappa shape index (κ1) is 27.2. The summed E-state index contributed by atoms with van der Waals surface area (Å²) in [5.74, 6) is 6.47. The molecule has 0 heterocycles. The van der Waals surface area contributed by atoms with E-state index in [1.807, 2.05) is 12.1 Å². The van der Waals surface area contributed by atoms with E-state index in [-0.39, 0.29) is 11.7 Å². The number of carbonyl (C=O) groups excluding carboxylic acids is 1. The van der Waals surface area contributed by atoms with E-state index in [4.69, 9.17) is 4.74 Å². The van der Waals surface area contributed by atoms with Gasteiger partial charge in [-0.05, 0) is 61.2 Å². The highest BCUT2D eigenvalue weighted by Gasteiger charge is 2.06. The van der Waals surface area contributed by atoms with Crippen LogP contribution in [0.15, 0.2) is 53.5 Å². The Morgan fingerprint density at radius 1 is 0.824 bits per heavy atom. The van der Waals surface area contributed by atoms with Gasteiger partial charge in [-0.25, -0.2) is 4.79 Å². The summed E-state index contributed by atoms with van der Waals surface area (Å²) in [6, 6.07) is 13.9. The number of phenols is 1. The van der Waals surface area contributed by atoms with Gasteiger partial charge in [-0.3, -0.25) is 4.99 Å². The monoisotopic (exact) mass is 461 g/mol. The van der Waals surface area contributed by atoms with Crippen molar-refractivity contribution in [2.24, 2.45) is 4.99 Å². The van der Waals surface area contributed by atoms with Crippen LogP contribution >= 0.6 is 0 Å². The molecule has 2 rings (SSSR count). The molecule has 0 spiro atoms. The van der Waals surface area contributed by atoms with Crippen molar-refractivity contribution < 1.29 is 14.6 Å². The van der Waals surface area contributed by atoms with Gasteiger partial charge in [0.1, 0.15) is 5.75 Å². The number of benzene rings is 2. The number of rotatable bonds is 15. The number of aromatic hydroxyl groups is 1. The molecule has 0 bridgehead atoms. The van der Waals surface area contributed by atoms with E-state index in [0.29, 0.717) is 12.2 Å². The number of carbonyl (C=O) groups is 1. The van der Waals surface area contributed by atoms with Crippen molar-refractivity contribution >= 4 is 17.9 Å². The van der Waals surface area contributed by atoms with Gasteiger partial charge in [0.2, 0.25) is 0 Å². The van der Waals surface area contributed by atoms with Crippen molar-refractivity contribution in [1.82, 2.24) is 0 Å². The maximum atomic E-state index is 12.2. The summed E-state index contributed by atoms with van der Waals surface area (Å²) in [5.41, 5.74) is 2.20. The molecule has 0 aliphatic heterocycles. The van der Waals surface area contributed by atoms with Gasteiger partial charge >= 0.3 is 5.97 Å². The van der Waals surface area contributed by atoms with Crippen LogP contribution in [0.3, 0.4) is 0 Å². The number of hydrogen-bond donors (Lipinski definition) is 1. The second kappa shape index (κ2) is 17.4. The van der Waals surface area contributed by atoms with Gasteiger partial charge < -0.3 is 9.84 Å². The minimum atomic E-state index is -0.278. The Kier molecular flexibility index (Phi) is 13.9. The summed E-state index contributed by atoms with van der Waals surface area (Å²) in [5, 5.41) is 9.31. The first-order valence-electron chi connectivity index (χ1n) is 12.7. The summed E-state index contributed by atoms with van der Waals surface area (Å²) in [7, 11) is 0. The summed E-state index contributed by atoms with van der Waals surface area (Å²) in [6.07, 6.45) is 15.8. The quantitative estimate of drug-likeness (QED) is 0.126. The molecular weight excluding hydrogens is 422 g/mol. The molecule has 4 nitrogen and oxygen atoms in total. The van der Waals surface area contributed by atoms with E-state index in [9.17, 15) is 9.90 Å². The largest absolute Gasteiger partial charge is 0.508 e. The van der Waals surface area contributed by atoms with Gasteiger partial charge in [-0.2, -0.15) is 0 Å². The number of nitrogens with zero attached hydrogens (tertiary/aromatic N) is 1. The van der Waals surface area contributed by atoms with Crippen LogP contribution in [0.1, 0.15) is 99.9 Å². The third-order valence-electron chi connectivity index (χ3n) is 5.57. The van der Waals surface area contributed by atoms with Gasteiger partial charge in [-0.15, -0.1) is 11.8 Å². The van der Waals surface area contributed by atoms with Crippen molar-refractivity contribution in [2.75, 3.05) is 6.61 Å². The zero-order chi connectivity index (χ0) is 24.3. The standard InChI is InChI=1S/C30H39NO3/c1-2-3-4-5-6-7-8-9-10-11-12-13-14-15-24-34-30(33)27-18-16-26(17-19-27)25-31-28-20-22-29(32)23-21-28/h16-23,25,32H,2-4,7-15,24H2,1H3. The van der Waals surface area contributed by atoms with E-state index >= 15 is 0 Å². The summed E-state index contributed by atoms with van der Waals surface area (Å²) < 4.78 is 5.41. The van der Waals surface area contributed by atoms with Gasteiger partial charge in [0.25, 0.3) is 0 Å². The van der Waals surface area contributed by atoms with Gasteiger partial charge in [0, 0.05) is 19.1 Å². The highest BCUT2D eigenvalue weighted by Crippen LogP contribution is 2.17. The Bertz CT molecular complexity index is 905. The average Bonchev–Trinajstić information content (AvgIpc) is 2.86. The third-order valence-corrected chi connectivity index (χ3v) is 5.57. The van der Waals surface area contributed by atoms with Crippen molar-refractivity contribution in [3.05, 3.63) is 59.7 Å². The fourth-order valence-electron chi connectivity index (χ4n) is 3.46. The van der Waals surface area contributed by atoms with Crippen LogP contribution in [0.25, 0.3) is 0 Å². The highest BCUT2D eigenvalue weighted by molar-refractivity contribution is 5.91. The molecule has 1 N–H and O–H groups in total. The molecule has 0 aliphatic rings. The Labute approximate surface area is 205 Å². The Hall–Kier alpha value is -3.06. The summed E-state index contributed by atoms with van der Waals surface area (Å²) in [4.78, 5) is 16.6. The smallest absolute Gasteiger partial charge is 0.338 e. The van der Waals surface area contributed by atoms with Crippen LogP contribution in [0.4, 0.5) is 5.69 Å². The number of hydrogen-bond acceptors (Lipinski definition) is 4.